The first-order valence-electron chi connectivity index (χ1n) is 13.3. The predicted octanol–water partition coefficient (Wildman–Crippen LogP) is 5.34. The number of likely N-dealkylation sites (tertiary alicyclic amines) is 1. The molecule has 3 aromatic rings. The summed E-state index contributed by atoms with van der Waals surface area (Å²) in [7, 11) is 0. The van der Waals surface area contributed by atoms with Gasteiger partial charge in [0.2, 0.25) is 5.95 Å². The van der Waals surface area contributed by atoms with Gasteiger partial charge in [-0.05, 0) is 68.1 Å². The van der Waals surface area contributed by atoms with Crippen molar-refractivity contribution in [2.75, 3.05) is 25.4 Å². The second kappa shape index (κ2) is 10.7. The van der Waals surface area contributed by atoms with Gasteiger partial charge in [-0.2, -0.15) is 4.39 Å². The van der Waals surface area contributed by atoms with E-state index in [1.807, 2.05) is 26.8 Å². The van der Waals surface area contributed by atoms with Gasteiger partial charge in [-0.25, -0.2) is 14.2 Å². The predicted molar refractivity (Wildman–Crippen MR) is 147 cm³/mol. The zero-order valence-corrected chi connectivity index (χ0v) is 22.7. The number of nitrogens with two attached hydrogens (primary N) is 1. The molecule has 0 atom stereocenters. The van der Waals surface area contributed by atoms with E-state index in [0.29, 0.717) is 55.6 Å². The number of nitrogens with one attached hydrogen (secondary N) is 1. The van der Waals surface area contributed by atoms with Crippen molar-refractivity contribution in [1.29, 1.82) is 0 Å². The second-order valence-corrected chi connectivity index (χ2v) is 11.1. The molecule has 2 amide bonds. The van der Waals surface area contributed by atoms with Crippen LogP contribution in [0.25, 0.3) is 22.3 Å². The summed E-state index contributed by atoms with van der Waals surface area (Å²) in [6.45, 7) is 6.87. The van der Waals surface area contributed by atoms with E-state index in [1.54, 1.807) is 29.2 Å². The molecule has 0 aliphatic carbocycles. The molecule has 3 heterocycles. The van der Waals surface area contributed by atoms with Crippen LogP contribution in [0.3, 0.4) is 0 Å². The van der Waals surface area contributed by atoms with E-state index >= 15 is 4.39 Å². The summed E-state index contributed by atoms with van der Waals surface area (Å²) >= 11 is 0. The van der Waals surface area contributed by atoms with Gasteiger partial charge in [0, 0.05) is 49.2 Å². The van der Waals surface area contributed by atoms with Gasteiger partial charge in [-0.3, -0.25) is 4.79 Å². The van der Waals surface area contributed by atoms with Gasteiger partial charge in [0.05, 0.1) is 0 Å². The molecule has 0 unspecified atom stereocenters. The average molecular weight is 551 g/mol. The van der Waals surface area contributed by atoms with Gasteiger partial charge < -0.3 is 25.4 Å². The van der Waals surface area contributed by atoms with Gasteiger partial charge in [0.25, 0.3) is 5.91 Å². The molecule has 8 nitrogen and oxygen atoms in total. The van der Waals surface area contributed by atoms with Crippen molar-refractivity contribution in [1.82, 2.24) is 15.2 Å². The van der Waals surface area contributed by atoms with E-state index in [0.717, 1.165) is 5.56 Å². The van der Waals surface area contributed by atoms with Crippen LogP contribution < -0.4 is 15.8 Å². The molecule has 0 bridgehead atoms. The van der Waals surface area contributed by atoms with E-state index in [4.69, 9.17) is 15.2 Å². The normalized spacial score (nSPS) is 15.8. The minimum atomic E-state index is -0.818. The number of piperidine rings is 1. The Hall–Kier alpha value is -4.21. The molecule has 210 valence electrons. The largest absolute Gasteiger partial charge is 0.487 e. The molecule has 2 aromatic carbocycles. The number of rotatable bonds is 4. The molecule has 1 fully saturated rings. The standard InChI is InChI=1S/C30H32F2N4O4/c1-30(2,3)40-29(38)36-12-9-20(10-13-36)39-25-7-5-18(15-24(25)31)22-16-23(27(33)35-26(22)32)17-4-6-21-19(14-17)8-11-34-28(21)37/h4-7,14-16,20H,8-13H2,1-3H3,(H2,33,35)(H,34,37). The van der Waals surface area contributed by atoms with Crippen molar-refractivity contribution in [2.45, 2.75) is 51.7 Å². The summed E-state index contributed by atoms with van der Waals surface area (Å²) in [5, 5.41) is 2.80. The van der Waals surface area contributed by atoms with Gasteiger partial charge in [-0.1, -0.05) is 18.2 Å². The third-order valence-corrected chi connectivity index (χ3v) is 6.98. The van der Waals surface area contributed by atoms with Crippen LogP contribution in [0.2, 0.25) is 0 Å². The Kier molecular flexibility index (Phi) is 7.35. The fourth-order valence-corrected chi connectivity index (χ4v) is 4.96. The van der Waals surface area contributed by atoms with Crippen LogP contribution in [-0.4, -0.2) is 53.2 Å². The minimum Gasteiger partial charge on any atom is -0.487 e. The van der Waals surface area contributed by atoms with Crippen molar-refractivity contribution < 1.29 is 27.8 Å². The number of amides is 2. The van der Waals surface area contributed by atoms with Crippen LogP contribution in [0.1, 0.15) is 49.5 Å². The molecule has 10 heteroatoms. The Balaban J connectivity index is 1.32. The number of benzene rings is 2. The average Bonchev–Trinajstić information content (AvgIpc) is 2.89. The van der Waals surface area contributed by atoms with Crippen molar-refractivity contribution in [2.24, 2.45) is 0 Å². The Bertz CT molecular complexity index is 1460. The van der Waals surface area contributed by atoms with Crippen LogP contribution in [0.15, 0.2) is 42.5 Å². The molecule has 0 radical (unpaired) electrons. The summed E-state index contributed by atoms with van der Waals surface area (Å²) in [4.78, 5) is 29.9. The first kappa shape index (κ1) is 27.4. The maximum atomic E-state index is 15.1. The molecule has 3 N–H and O–H groups in total. The van der Waals surface area contributed by atoms with Crippen LogP contribution in [0.4, 0.5) is 19.4 Å². The molecule has 5 rings (SSSR count). The number of hydrogen-bond donors (Lipinski definition) is 2. The van der Waals surface area contributed by atoms with Crippen LogP contribution in [-0.2, 0) is 11.2 Å². The summed E-state index contributed by atoms with van der Waals surface area (Å²) in [6, 6.07) is 11.1. The van der Waals surface area contributed by atoms with E-state index in [9.17, 15) is 14.0 Å². The number of nitrogens with zero attached hydrogens (tertiary/aromatic N) is 2. The molecule has 1 aromatic heterocycles. The molecule has 0 saturated carbocycles. The third-order valence-electron chi connectivity index (χ3n) is 6.98. The van der Waals surface area contributed by atoms with Crippen molar-refractivity contribution in [3.63, 3.8) is 0 Å². The minimum absolute atomic E-state index is 0.000361. The van der Waals surface area contributed by atoms with E-state index in [-0.39, 0.29) is 40.8 Å². The molecular formula is C30H32F2N4O4. The smallest absolute Gasteiger partial charge is 0.410 e. The van der Waals surface area contributed by atoms with Crippen molar-refractivity contribution in [3.05, 3.63) is 65.4 Å². The lowest BCUT2D eigenvalue weighted by Crippen LogP contribution is -2.44. The molecule has 2 aliphatic rings. The number of carbonyl (C=O) groups is 2. The Morgan fingerprint density at radius 2 is 1.73 bits per heavy atom. The molecular weight excluding hydrogens is 518 g/mol. The highest BCUT2D eigenvalue weighted by molar-refractivity contribution is 5.97. The van der Waals surface area contributed by atoms with Gasteiger partial charge in [-0.15, -0.1) is 0 Å². The van der Waals surface area contributed by atoms with Gasteiger partial charge in [0.1, 0.15) is 17.5 Å². The number of aromatic nitrogens is 1. The van der Waals surface area contributed by atoms with E-state index < -0.39 is 17.4 Å². The van der Waals surface area contributed by atoms with Crippen molar-refractivity contribution >= 4 is 17.8 Å². The molecule has 40 heavy (non-hydrogen) atoms. The second-order valence-electron chi connectivity index (χ2n) is 11.1. The van der Waals surface area contributed by atoms with Crippen LogP contribution in [0.5, 0.6) is 5.75 Å². The number of fused-ring (bicyclic) bond motifs is 1. The van der Waals surface area contributed by atoms with E-state index in [2.05, 4.69) is 10.3 Å². The van der Waals surface area contributed by atoms with Gasteiger partial charge in [0.15, 0.2) is 11.6 Å². The zero-order valence-electron chi connectivity index (χ0n) is 22.7. The Labute approximate surface area is 231 Å². The fourth-order valence-electron chi connectivity index (χ4n) is 4.96. The number of pyridine rings is 1. The Morgan fingerprint density at radius 3 is 2.42 bits per heavy atom. The van der Waals surface area contributed by atoms with Crippen molar-refractivity contribution in [3.8, 4) is 28.0 Å². The lowest BCUT2D eigenvalue weighted by Gasteiger charge is -2.33. The third kappa shape index (κ3) is 5.85. The lowest BCUT2D eigenvalue weighted by atomic mass is 9.94. The van der Waals surface area contributed by atoms with Crippen LogP contribution >= 0.6 is 0 Å². The number of carbonyl (C=O) groups excluding carboxylic acids is 2. The summed E-state index contributed by atoms with van der Waals surface area (Å²) in [5.41, 5.74) is 8.51. The maximum Gasteiger partial charge on any atom is 0.410 e. The highest BCUT2D eigenvalue weighted by Crippen LogP contribution is 2.35. The maximum absolute atomic E-state index is 15.1. The SMILES string of the molecule is CC(C)(C)OC(=O)N1CCC(Oc2ccc(-c3cc(-c4ccc5c(c4)CCNC5=O)c(N)nc3F)cc2F)CC1. The van der Waals surface area contributed by atoms with Crippen LogP contribution in [0, 0.1) is 11.8 Å². The fraction of sp³-hybridized carbons (Fsp3) is 0.367. The number of hydrogen-bond acceptors (Lipinski definition) is 6. The first-order valence-corrected chi connectivity index (χ1v) is 13.3. The van der Waals surface area contributed by atoms with E-state index in [1.165, 1.54) is 12.1 Å². The quantitative estimate of drug-likeness (QED) is 0.425. The zero-order chi connectivity index (χ0) is 28.6. The number of ether oxygens (including phenoxy) is 2. The Morgan fingerprint density at radius 1 is 1.02 bits per heavy atom. The topological polar surface area (TPSA) is 107 Å². The number of halogens is 2. The highest BCUT2D eigenvalue weighted by atomic mass is 19.1. The monoisotopic (exact) mass is 550 g/mol. The van der Waals surface area contributed by atoms with Gasteiger partial charge >= 0.3 is 6.09 Å². The molecule has 2 aliphatic heterocycles. The molecule has 1 saturated heterocycles. The summed E-state index contributed by atoms with van der Waals surface area (Å²) in [6.07, 6.45) is 1.08. The lowest BCUT2D eigenvalue weighted by molar-refractivity contribution is 0.0123. The summed E-state index contributed by atoms with van der Waals surface area (Å²) < 4.78 is 41.4. The highest BCUT2D eigenvalue weighted by Gasteiger charge is 2.28. The number of nitrogen functional groups attached to an aromatic ring is 1. The molecule has 0 spiro atoms. The summed E-state index contributed by atoms with van der Waals surface area (Å²) in [5.74, 6) is -1.54. The number of anilines is 1. The first-order chi connectivity index (χ1) is 19.0.